The number of nitrogens with one attached hydrogen (secondary N) is 1. The lowest BCUT2D eigenvalue weighted by Crippen LogP contribution is -2.22. The van der Waals surface area contributed by atoms with Crippen LogP contribution in [0.4, 0.5) is 0 Å². The average Bonchev–Trinajstić information content (AvgIpc) is 3.09. The van der Waals surface area contributed by atoms with Crippen LogP contribution in [0.3, 0.4) is 0 Å². The number of thioether (sulfide) groups is 1. The van der Waals surface area contributed by atoms with E-state index in [-0.39, 0.29) is 16.6 Å². The molecule has 0 radical (unpaired) electrons. The Kier molecular flexibility index (Phi) is 4.12. The summed E-state index contributed by atoms with van der Waals surface area (Å²) in [4.78, 5) is 33.2. The van der Waals surface area contributed by atoms with Crippen molar-refractivity contribution in [3.05, 3.63) is 70.6 Å². The number of hydrogen-bond acceptors (Lipinski definition) is 4. The maximum Gasteiger partial charge on any atom is 0.261 e. The van der Waals surface area contributed by atoms with Gasteiger partial charge in [0.05, 0.1) is 16.2 Å². The Morgan fingerprint density at radius 1 is 1.12 bits per heavy atom. The number of carbonyl (C=O) groups excluding carboxylic acids is 1. The standard InChI is InChI=1S/C20H17N3O2S/c1-12(18(24)15-11-21-16-9-5-3-7-13(15)16)26-20-22-17-10-6-4-8-14(17)19(25)23(20)2/h3-12,21H,1-2H3/t12-/m1/s1. The lowest BCUT2D eigenvalue weighted by Gasteiger charge is -2.13. The van der Waals surface area contributed by atoms with E-state index in [1.54, 1.807) is 19.3 Å². The first-order valence-electron chi connectivity index (χ1n) is 8.29. The summed E-state index contributed by atoms with van der Waals surface area (Å²) in [6.45, 7) is 1.84. The predicted octanol–water partition coefficient (Wildman–Crippen LogP) is 3.78. The van der Waals surface area contributed by atoms with Gasteiger partial charge in [0.25, 0.3) is 5.56 Å². The van der Waals surface area contributed by atoms with Crippen LogP contribution >= 0.6 is 11.8 Å². The fraction of sp³-hybridized carbons (Fsp3) is 0.150. The van der Waals surface area contributed by atoms with Gasteiger partial charge in [-0.05, 0) is 25.1 Å². The Balaban J connectivity index is 1.69. The number of nitrogens with zero attached hydrogens (tertiary/aromatic N) is 2. The smallest absolute Gasteiger partial charge is 0.261 e. The normalized spacial score (nSPS) is 12.5. The van der Waals surface area contributed by atoms with Crippen LogP contribution in [-0.2, 0) is 7.05 Å². The zero-order valence-electron chi connectivity index (χ0n) is 14.4. The molecule has 4 rings (SSSR count). The number of para-hydroxylation sites is 2. The summed E-state index contributed by atoms with van der Waals surface area (Å²) in [5.41, 5.74) is 2.13. The summed E-state index contributed by atoms with van der Waals surface area (Å²) in [6, 6.07) is 15.0. The molecule has 4 aromatic rings. The van der Waals surface area contributed by atoms with Crippen LogP contribution < -0.4 is 5.56 Å². The molecule has 1 N–H and O–H groups in total. The average molecular weight is 363 g/mol. The van der Waals surface area contributed by atoms with Gasteiger partial charge in [0, 0.05) is 29.7 Å². The summed E-state index contributed by atoms with van der Waals surface area (Å²) in [5, 5.41) is 1.66. The van der Waals surface area contributed by atoms with Gasteiger partial charge in [-0.3, -0.25) is 14.2 Å². The van der Waals surface area contributed by atoms with Crippen molar-refractivity contribution in [2.75, 3.05) is 0 Å². The van der Waals surface area contributed by atoms with Gasteiger partial charge >= 0.3 is 0 Å². The minimum atomic E-state index is -0.367. The Morgan fingerprint density at radius 2 is 1.81 bits per heavy atom. The monoisotopic (exact) mass is 363 g/mol. The zero-order valence-corrected chi connectivity index (χ0v) is 15.2. The largest absolute Gasteiger partial charge is 0.360 e. The molecule has 0 amide bonds. The SMILES string of the molecule is C[C@@H](Sc1nc2ccccc2c(=O)n1C)C(=O)c1c[nH]c2ccccc12. The van der Waals surface area contributed by atoms with E-state index in [0.717, 1.165) is 10.9 Å². The highest BCUT2D eigenvalue weighted by molar-refractivity contribution is 8.00. The van der Waals surface area contributed by atoms with Crippen molar-refractivity contribution >= 4 is 39.4 Å². The number of Topliss-reactive ketones (excluding diaryl/α,β-unsaturated/α-hetero) is 1. The molecule has 2 heterocycles. The van der Waals surface area contributed by atoms with Crippen molar-refractivity contribution < 1.29 is 4.79 Å². The molecular weight excluding hydrogens is 346 g/mol. The highest BCUT2D eigenvalue weighted by Gasteiger charge is 2.22. The van der Waals surface area contributed by atoms with Crippen LogP contribution in [0.1, 0.15) is 17.3 Å². The van der Waals surface area contributed by atoms with Gasteiger partial charge in [-0.2, -0.15) is 0 Å². The molecule has 0 bridgehead atoms. The van der Waals surface area contributed by atoms with Crippen LogP contribution in [0.15, 0.2) is 64.7 Å². The molecule has 0 saturated heterocycles. The van der Waals surface area contributed by atoms with Crippen LogP contribution in [-0.4, -0.2) is 25.6 Å². The minimum absolute atomic E-state index is 0.00913. The van der Waals surface area contributed by atoms with Crippen molar-refractivity contribution in [2.24, 2.45) is 7.05 Å². The molecule has 6 heteroatoms. The van der Waals surface area contributed by atoms with E-state index in [9.17, 15) is 9.59 Å². The highest BCUT2D eigenvalue weighted by atomic mass is 32.2. The first-order chi connectivity index (χ1) is 12.6. The van der Waals surface area contributed by atoms with E-state index in [2.05, 4.69) is 9.97 Å². The molecule has 0 fully saturated rings. The summed E-state index contributed by atoms with van der Waals surface area (Å²) in [6.07, 6.45) is 1.75. The Bertz CT molecular complexity index is 1190. The fourth-order valence-electron chi connectivity index (χ4n) is 3.01. The van der Waals surface area contributed by atoms with Gasteiger partial charge in [-0.25, -0.2) is 4.98 Å². The zero-order chi connectivity index (χ0) is 18.3. The number of hydrogen-bond donors (Lipinski definition) is 1. The third-order valence-electron chi connectivity index (χ3n) is 4.45. The summed E-state index contributed by atoms with van der Waals surface area (Å²) in [7, 11) is 1.69. The Hall–Kier alpha value is -2.86. The summed E-state index contributed by atoms with van der Waals surface area (Å²) < 4.78 is 1.51. The molecule has 2 aromatic carbocycles. The first kappa shape index (κ1) is 16.6. The maximum atomic E-state index is 12.9. The van der Waals surface area contributed by atoms with Crippen molar-refractivity contribution in [3.63, 3.8) is 0 Å². The number of aromatic nitrogens is 3. The van der Waals surface area contributed by atoms with Crippen LogP contribution in [0.25, 0.3) is 21.8 Å². The van der Waals surface area contributed by atoms with Gasteiger partial charge in [0.1, 0.15) is 0 Å². The molecule has 130 valence electrons. The van der Waals surface area contributed by atoms with Crippen molar-refractivity contribution in [2.45, 2.75) is 17.3 Å². The van der Waals surface area contributed by atoms with Gasteiger partial charge in [0.15, 0.2) is 10.9 Å². The number of aromatic amines is 1. The molecule has 2 aromatic heterocycles. The fourth-order valence-corrected chi connectivity index (χ4v) is 3.95. The number of fused-ring (bicyclic) bond motifs is 2. The van der Waals surface area contributed by atoms with Crippen LogP contribution in [0.5, 0.6) is 0 Å². The third-order valence-corrected chi connectivity index (χ3v) is 5.59. The van der Waals surface area contributed by atoms with Gasteiger partial charge in [-0.15, -0.1) is 0 Å². The van der Waals surface area contributed by atoms with E-state index in [0.29, 0.717) is 21.6 Å². The van der Waals surface area contributed by atoms with E-state index < -0.39 is 0 Å². The van der Waals surface area contributed by atoms with E-state index in [1.165, 1.54) is 16.3 Å². The molecule has 0 saturated carbocycles. The number of H-pyrrole nitrogens is 1. The molecule has 26 heavy (non-hydrogen) atoms. The van der Waals surface area contributed by atoms with Crippen molar-refractivity contribution in [1.82, 2.24) is 14.5 Å². The van der Waals surface area contributed by atoms with E-state index in [1.807, 2.05) is 49.4 Å². The molecule has 0 aliphatic carbocycles. The summed E-state index contributed by atoms with van der Waals surface area (Å²) >= 11 is 1.30. The summed E-state index contributed by atoms with van der Waals surface area (Å²) in [5.74, 6) is 0.00913. The highest BCUT2D eigenvalue weighted by Crippen LogP contribution is 2.27. The van der Waals surface area contributed by atoms with Crippen molar-refractivity contribution in [3.8, 4) is 0 Å². The van der Waals surface area contributed by atoms with Gasteiger partial charge in [-0.1, -0.05) is 42.1 Å². The molecule has 5 nitrogen and oxygen atoms in total. The van der Waals surface area contributed by atoms with Gasteiger partial charge in [0.2, 0.25) is 0 Å². The van der Waals surface area contributed by atoms with E-state index >= 15 is 0 Å². The number of ketones is 1. The second kappa shape index (κ2) is 6.46. The van der Waals surface area contributed by atoms with Crippen molar-refractivity contribution in [1.29, 1.82) is 0 Å². The molecule has 0 unspecified atom stereocenters. The number of carbonyl (C=O) groups is 1. The van der Waals surface area contributed by atoms with Gasteiger partial charge < -0.3 is 4.98 Å². The second-order valence-corrected chi connectivity index (χ2v) is 7.46. The van der Waals surface area contributed by atoms with Crippen LogP contribution in [0, 0.1) is 0 Å². The first-order valence-corrected chi connectivity index (χ1v) is 9.17. The topological polar surface area (TPSA) is 67.8 Å². The number of benzene rings is 2. The Morgan fingerprint density at radius 3 is 2.62 bits per heavy atom. The quantitative estimate of drug-likeness (QED) is 0.340. The minimum Gasteiger partial charge on any atom is -0.360 e. The van der Waals surface area contributed by atoms with Crippen LogP contribution in [0.2, 0.25) is 0 Å². The second-order valence-electron chi connectivity index (χ2n) is 6.15. The lowest BCUT2D eigenvalue weighted by atomic mass is 10.1. The molecule has 0 aliphatic rings. The molecule has 0 aliphatic heterocycles. The predicted molar refractivity (Wildman–Crippen MR) is 105 cm³/mol. The Labute approximate surface area is 154 Å². The number of rotatable bonds is 4. The third kappa shape index (κ3) is 2.72. The molecule has 1 atom stereocenters. The lowest BCUT2D eigenvalue weighted by molar-refractivity contribution is 0.0995. The maximum absolute atomic E-state index is 12.9. The molecule has 0 spiro atoms. The van der Waals surface area contributed by atoms with E-state index in [4.69, 9.17) is 0 Å². The molecular formula is C20H17N3O2S.